The van der Waals surface area contributed by atoms with Crippen molar-refractivity contribution in [3.8, 4) is 0 Å². The second-order valence-corrected chi connectivity index (χ2v) is 9.23. The zero-order chi connectivity index (χ0) is 14.3. The van der Waals surface area contributed by atoms with E-state index in [1.54, 1.807) is 6.92 Å². The maximum Gasteiger partial charge on any atom is 0.237 e. The number of rotatable bonds is 3. The lowest BCUT2D eigenvalue weighted by Gasteiger charge is -2.30. The number of hydrogen-bond donors (Lipinski definition) is 2. The molecule has 0 saturated carbocycles. The Hall–Kier alpha value is -0.440. The first-order chi connectivity index (χ1) is 8.71. The predicted octanol–water partition coefficient (Wildman–Crippen LogP) is -0.394. The molecule has 110 valence electrons. The van der Waals surface area contributed by atoms with E-state index in [0.29, 0.717) is 5.57 Å². The molecule has 8 heteroatoms. The highest BCUT2D eigenvalue weighted by atomic mass is 32.2. The highest BCUT2D eigenvalue weighted by Gasteiger charge is 2.35. The van der Waals surface area contributed by atoms with E-state index in [4.69, 9.17) is 0 Å². The maximum absolute atomic E-state index is 12.3. The summed E-state index contributed by atoms with van der Waals surface area (Å²) in [5.41, 5.74) is 0.439. The molecule has 0 radical (unpaired) electrons. The fourth-order valence-electron chi connectivity index (χ4n) is 2.55. The van der Waals surface area contributed by atoms with Gasteiger partial charge in [0.15, 0.2) is 9.84 Å². The van der Waals surface area contributed by atoms with Crippen molar-refractivity contribution in [2.75, 3.05) is 24.6 Å². The average molecular weight is 308 g/mol. The minimum Gasteiger partial charge on any atom is -0.316 e. The lowest BCUT2D eigenvalue weighted by atomic mass is 9.97. The van der Waals surface area contributed by atoms with Gasteiger partial charge in [0.2, 0.25) is 10.0 Å². The van der Waals surface area contributed by atoms with Gasteiger partial charge in [0.1, 0.15) is 0 Å². The Labute approximate surface area is 114 Å². The van der Waals surface area contributed by atoms with Gasteiger partial charge in [-0.1, -0.05) is 6.92 Å². The van der Waals surface area contributed by atoms with E-state index in [2.05, 4.69) is 10.0 Å². The highest BCUT2D eigenvalue weighted by Crippen LogP contribution is 2.24. The van der Waals surface area contributed by atoms with Crippen molar-refractivity contribution in [3.05, 3.63) is 10.5 Å². The van der Waals surface area contributed by atoms with Crippen LogP contribution in [0, 0.1) is 5.92 Å². The van der Waals surface area contributed by atoms with E-state index in [-0.39, 0.29) is 28.4 Å². The van der Waals surface area contributed by atoms with E-state index in [1.807, 2.05) is 6.92 Å². The topological polar surface area (TPSA) is 92.3 Å². The molecule has 0 amide bonds. The third-order valence-electron chi connectivity index (χ3n) is 3.68. The van der Waals surface area contributed by atoms with Gasteiger partial charge in [0, 0.05) is 6.04 Å². The van der Waals surface area contributed by atoms with E-state index in [9.17, 15) is 16.8 Å². The molecule has 2 atom stereocenters. The summed E-state index contributed by atoms with van der Waals surface area (Å²) in [6.07, 6.45) is 0.722. The lowest BCUT2D eigenvalue weighted by Crippen LogP contribution is -2.48. The van der Waals surface area contributed by atoms with Crippen molar-refractivity contribution in [3.63, 3.8) is 0 Å². The number of sulfonamides is 1. The standard InChI is InChI=1S/C11H20N2O4S2/c1-8-5-12-4-3-10(8)13-19(16,17)11-7-18(14,15)6-9(11)2/h8,10,12-13H,3-7H2,1-2H3/t8-,10+/m0/s1. The fourth-order valence-corrected chi connectivity index (χ4v) is 6.81. The summed E-state index contributed by atoms with van der Waals surface area (Å²) in [5.74, 6) is -0.319. The largest absolute Gasteiger partial charge is 0.316 e. The molecule has 1 fully saturated rings. The van der Waals surface area contributed by atoms with E-state index < -0.39 is 19.9 Å². The molecular weight excluding hydrogens is 288 g/mol. The Morgan fingerprint density at radius 3 is 2.53 bits per heavy atom. The minimum atomic E-state index is -3.69. The van der Waals surface area contributed by atoms with Crippen LogP contribution in [0.15, 0.2) is 10.5 Å². The van der Waals surface area contributed by atoms with Gasteiger partial charge in [-0.3, -0.25) is 0 Å². The third kappa shape index (κ3) is 3.36. The molecule has 0 aromatic heterocycles. The molecule has 2 N–H and O–H groups in total. The molecule has 0 aliphatic carbocycles. The van der Waals surface area contributed by atoms with Gasteiger partial charge in [0.25, 0.3) is 0 Å². The molecule has 19 heavy (non-hydrogen) atoms. The molecule has 2 aliphatic rings. The van der Waals surface area contributed by atoms with Crippen molar-refractivity contribution in [1.29, 1.82) is 0 Å². The molecular formula is C11H20N2O4S2. The van der Waals surface area contributed by atoms with Crippen molar-refractivity contribution in [2.24, 2.45) is 5.92 Å². The summed E-state index contributed by atoms with van der Waals surface area (Å²) < 4.78 is 50.3. The quantitative estimate of drug-likeness (QED) is 0.740. The van der Waals surface area contributed by atoms with Crippen LogP contribution in [0.2, 0.25) is 0 Å². The van der Waals surface area contributed by atoms with Crippen LogP contribution in [0.1, 0.15) is 20.3 Å². The second-order valence-electron chi connectivity index (χ2n) is 5.43. The first-order valence-corrected chi connectivity index (χ1v) is 9.64. The summed E-state index contributed by atoms with van der Waals surface area (Å²) in [5, 5.41) is 3.20. The summed E-state index contributed by atoms with van der Waals surface area (Å²) in [7, 11) is -6.98. The van der Waals surface area contributed by atoms with Crippen LogP contribution < -0.4 is 10.0 Å². The van der Waals surface area contributed by atoms with Crippen LogP contribution in [-0.2, 0) is 19.9 Å². The Morgan fingerprint density at radius 1 is 1.32 bits per heavy atom. The second kappa shape index (κ2) is 5.16. The van der Waals surface area contributed by atoms with Gasteiger partial charge in [-0.05, 0) is 37.9 Å². The van der Waals surface area contributed by atoms with Gasteiger partial charge >= 0.3 is 0 Å². The predicted molar refractivity (Wildman–Crippen MR) is 73.8 cm³/mol. The summed E-state index contributed by atoms with van der Waals surface area (Å²) in [6, 6.07) is -0.130. The molecule has 0 unspecified atom stereocenters. The van der Waals surface area contributed by atoms with Crippen LogP contribution in [-0.4, -0.2) is 47.5 Å². The first kappa shape index (κ1) is 15.0. The average Bonchev–Trinajstić information content (AvgIpc) is 2.56. The van der Waals surface area contributed by atoms with Crippen molar-refractivity contribution in [2.45, 2.75) is 26.3 Å². The molecule has 2 aliphatic heterocycles. The third-order valence-corrected chi connectivity index (χ3v) is 7.22. The Bertz CT molecular complexity index is 592. The fraction of sp³-hybridized carbons (Fsp3) is 0.818. The summed E-state index contributed by atoms with van der Waals surface area (Å²) >= 11 is 0. The lowest BCUT2D eigenvalue weighted by molar-refractivity contribution is 0.328. The van der Waals surface area contributed by atoms with E-state index in [0.717, 1.165) is 19.5 Å². The van der Waals surface area contributed by atoms with Crippen LogP contribution in [0.25, 0.3) is 0 Å². The molecule has 2 heterocycles. The smallest absolute Gasteiger partial charge is 0.237 e. The molecule has 2 rings (SSSR count). The first-order valence-electron chi connectivity index (χ1n) is 6.33. The van der Waals surface area contributed by atoms with Crippen molar-refractivity contribution in [1.82, 2.24) is 10.0 Å². The number of hydrogen-bond acceptors (Lipinski definition) is 5. The monoisotopic (exact) mass is 308 g/mol. The highest BCUT2D eigenvalue weighted by molar-refractivity contribution is 7.97. The van der Waals surface area contributed by atoms with Crippen LogP contribution in [0.4, 0.5) is 0 Å². The number of sulfone groups is 1. The number of piperidine rings is 1. The Morgan fingerprint density at radius 2 is 2.00 bits per heavy atom. The van der Waals surface area contributed by atoms with Crippen LogP contribution >= 0.6 is 0 Å². The number of nitrogens with one attached hydrogen (secondary N) is 2. The Balaban J connectivity index is 2.17. The summed E-state index contributed by atoms with van der Waals surface area (Å²) in [6.45, 7) is 5.09. The van der Waals surface area contributed by atoms with Gasteiger partial charge in [-0.15, -0.1) is 0 Å². The molecule has 0 bridgehead atoms. The molecule has 0 aromatic rings. The normalized spacial score (nSPS) is 31.7. The SMILES string of the molecule is CC1=C(S(=O)(=O)N[C@@H]2CCNC[C@@H]2C)CS(=O)(=O)C1. The molecule has 6 nitrogen and oxygen atoms in total. The zero-order valence-electron chi connectivity index (χ0n) is 11.1. The maximum atomic E-state index is 12.3. The van der Waals surface area contributed by atoms with E-state index in [1.165, 1.54) is 0 Å². The van der Waals surface area contributed by atoms with Crippen molar-refractivity contribution >= 4 is 19.9 Å². The van der Waals surface area contributed by atoms with Gasteiger partial charge in [0.05, 0.1) is 16.4 Å². The van der Waals surface area contributed by atoms with Gasteiger partial charge in [-0.2, -0.15) is 0 Å². The zero-order valence-corrected chi connectivity index (χ0v) is 12.8. The summed E-state index contributed by atoms with van der Waals surface area (Å²) in [4.78, 5) is 0.0400. The Kier molecular flexibility index (Phi) is 4.06. The molecule has 0 aromatic carbocycles. The van der Waals surface area contributed by atoms with E-state index >= 15 is 0 Å². The van der Waals surface area contributed by atoms with Gasteiger partial charge < -0.3 is 5.32 Å². The van der Waals surface area contributed by atoms with Gasteiger partial charge in [-0.25, -0.2) is 21.6 Å². The van der Waals surface area contributed by atoms with Crippen LogP contribution in [0.5, 0.6) is 0 Å². The molecule has 1 saturated heterocycles. The van der Waals surface area contributed by atoms with Crippen LogP contribution in [0.3, 0.4) is 0 Å². The molecule has 0 spiro atoms. The van der Waals surface area contributed by atoms with Crippen molar-refractivity contribution < 1.29 is 16.8 Å². The minimum absolute atomic E-state index is 0.0400.